The molecular formula is C16H12F2N2. The molecule has 0 unspecified atom stereocenters. The summed E-state index contributed by atoms with van der Waals surface area (Å²) in [6, 6.07) is 12.8. The zero-order chi connectivity index (χ0) is 14.1. The number of hydrogen-bond donors (Lipinski definition) is 1. The van der Waals surface area contributed by atoms with E-state index < -0.39 is 5.82 Å². The number of halogens is 2. The number of rotatable bonds is 3. The van der Waals surface area contributed by atoms with Crippen LogP contribution in [0, 0.1) is 23.0 Å². The monoisotopic (exact) mass is 270 g/mol. The van der Waals surface area contributed by atoms with Crippen LogP contribution in [0.4, 0.5) is 14.5 Å². The van der Waals surface area contributed by atoms with Crippen LogP contribution in [0.15, 0.2) is 42.5 Å². The molecule has 2 aromatic rings. The largest absolute Gasteiger partial charge is 0.379 e. The first-order valence-electron chi connectivity index (χ1n) is 6.39. The Bertz CT molecular complexity index is 691. The summed E-state index contributed by atoms with van der Waals surface area (Å²) in [5.74, 6) is -0.479. The number of hydrogen-bond acceptors (Lipinski definition) is 2. The predicted octanol–water partition coefficient (Wildman–Crippen LogP) is 3.80. The van der Waals surface area contributed by atoms with Crippen molar-refractivity contribution in [3.8, 4) is 6.07 Å². The molecule has 1 aliphatic carbocycles. The van der Waals surface area contributed by atoms with Crippen LogP contribution in [0.1, 0.15) is 23.5 Å². The normalized spacial score (nSPS) is 20.2. The number of benzene rings is 2. The molecule has 20 heavy (non-hydrogen) atoms. The Morgan fingerprint density at radius 1 is 1.15 bits per heavy atom. The maximum absolute atomic E-state index is 13.7. The van der Waals surface area contributed by atoms with Gasteiger partial charge in [0.05, 0.1) is 17.3 Å². The lowest BCUT2D eigenvalue weighted by Crippen LogP contribution is -2.06. The van der Waals surface area contributed by atoms with Gasteiger partial charge >= 0.3 is 0 Å². The van der Waals surface area contributed by atoms with Crippen molar-refractivity contribution in [3.63, 3.8) is 0 Å². The van der Waals surface area contributed by atoms with Gasteiger partial charge in [0, 0.05) is 12.0 Å². The molecule has 0 amide bonds. The summed E-state index contributed by atoms with van der Waals surface area (Å²) < 4.78 is 26.9. The summed E-state index contributed by atoms with van der Waals surface area (Å²) in [7, 11) is 0. The van der Waals surface area contributed by atoms with Gasteiger partial charge in [-0.05, 0) is 42.3 Å². The van der Waals surface area contributed by atoms with E-state index in [1.54, 1.807) is 18.2 Å². The molecule has 0 radical (unpaired) electrons. The summed E-state index contributed by atoms with van der Waals surface area (Å²) in [5, 5.41) is 11.8. The molecule has 1 N–H and O–H groups in total. The first kappa shape index (κ1) is 12.6. The Kier molecular flexibility index (Phi) is 3.11. The first-order valence-corrected chi connectivity index (χ1v) is 6.39. The average molecular weight is 270 g/mol. The van der Waals surface area contributed by atoms with Gasteiger partial charge < -0.3 is 5.32 Å². The van der Waals surface area contributed by atoms with Crippen molar-refractivity contribution in [2.24, 2.45) is 0 Å². The molecule has 0 spiro atoms. The Hall–Kier alpha value is -2.41. The highest BCUT2D eigenvalue weighted by Gasteiger charge is 2.38. The Morgan fingerprint density at radius 2 is 2.00 bits per heavy atom. The quantitative estimate of drug-likeness (QED) is 0.920. The van der Waals surface area contributed by atoms with Crippen molar-refractivity contribution in [2.75, 3.05) is 5.32 Å². The SMILES string of the molecule is N#Cc1ccc(N[C@@H]2C[C@H]2c2cccc(F)c2)c(F)c1. The predicted molar refractivity (Wildman–Crippen MR) is 72.3 cm³/mol. The molecule has 0 aromatic heterocycles. The Balaban J connectivity index is 1.71. The third kappa shape index (κ3) is 2.48. The molecule has 2 nitrogen and oxygen atoms in total. The van der Waals surface area contributed by atoms with Crippen molar-refractivity contribution in [1.82, 2.24) is 0 Å². The van der Waals surface area contributed by atoms with Crippen LogP contribution < -0.4 is 5.32 Å². The van der Waals surface area contributed by atoms with Crippen LogP contribution in [-0.4, -0.2) is 6.04 Å². The van der Waals surface area contributed by atoms with Crippen LogP contribution in [0.25, 0.3) is 0 Å². The van der Waals surface area contributed by atoms with Gasteiger partial charge in [-0.15, -0.1) is 0 Å². The smallest absolute Gasteiger partial charge is 0.147 e. The third-order valence-corrected chi connectivity index (χ3v) is 3.51. The van der Waals surface area contributed by atoms with E-state index in [9.17, 15) is 8.78 Å². The van der Waals surface area contributed by atoms with Gasteiger partial charge in [-0.3, -0.25) is 0 Å². The summed E-state index contributed by atoms with van der Waals surface area (Å²) in [4.78, 5) is 0. The summed E-state index contributed by atoms with van der Waals surface area (Å²) in [6.07, 6.45) is 0.850. The summed E-state index contributed by atoms with van der Waals surface area (Å²) in [5.41, 5.74) is 1.61. The van der Waals surface area contributed by atoms with Crippen LogP contribution in [-0.2, 0) is 0 Å². The maximum atomic E-state index is 13.7. The van der Waals surface area contributed by atoms with E-state index in [-0.39, 0.29) is 17.8 Å². The minimum atomic E-state index is -0.436. The van der Waals surface area contributed by atoms with E-state index >= 15 is 0 Å². The molecule has 2 aromatic carbocycles. The van der Waals surface area contributed by atoms with Crippen molar-refractivity contribution in [2.45, 2.75) is 18.4 Å². The van der Waals surface area contributed by atoms with Crippen molar-refractivity contribution in [3.05, 3.63) is 65.2 Å². The number of nitriles is 1. The number of nitrogens with one attached hydrogen (secondary N) is 1. The van der Waals surface area contributed by atoms with E-state index in [2.05, 4.69) is 5.32 Å². The van der Waals surface area contributed by atoms with E-state index in [0.29, 0.717) is 11.3 Å². The van der Waals surface area contributed by atoms with Crippen LogP contribution in [0.2, 0.25) is 0 Å². The molecule has 0 heterocycles. The molecule has 3 rings (SSSR count). The van der Waals surface area contributed by atoms with Gasteiger partial charge in [-0.25, -0.2) is 8.78 Å². The first-order chi connectivity index (χ1) is 9.67. The maximum Gasteiger partial charge on any atom is 0.147 e. The van der Waals surface area contributed by atoms with Gasteiger partial charge in [-0.1, -0.05) is 12.1 Å². The average Bonchev–Trinajstić information content (AvgIpc) is 3.20. The van der Waals surface area contributed by atoms with Gasteiger partial charge in [0.15, 0.2) is 0 Å². The Labute approximate surface area is 115 Å². The fraction of sp³-hybridized carbons (Fsp3) is 0.188. The fourth-order valence-electron chi connectivity index (χ4n) is 2.36. The second-order valence-corrected chi connectivity index (χ2v) is 4.95. The highest BCUT2D eigenvalue weighted by molar-refractivity contribution is 5.51. The standard InChI is InChI=1S/C16H12F2N2/c17-12-3-1-2-11(7-12)13-8-16(13)20-15-5-4-10(9-19)6-14(15)18/h1-7,13,16,20H,8H2/t13-,16+/m0/s1. The molecular weight excluding hydrogens is 258 g/mol. The second kappa shape index (κ2) is 4.93. The minimum absolute atomic E-state index is 0.110. The van der Waals surface area contributed by atoms with Gasteiger partial charge in [0.25, 0.3) is 0 Å². The van der Waals surface area contributed by atoms with Crippen LogP contribution in [0.5, 0.6) is 0 Å². The third-order valence-electron chi connectivity index (χ3n) is 3.51. The molecule has 2 atom stereocenters. The zero-order valence-electron chi connectivity index (χ0n) is 10.6. The highest BCUT2D eigenvalue weighted by atomic mass is 19.1. The van der Waals surface area contributed by atoms with E-state index in [1.807, 2.05) is 12.1 Å². The summed E-state index contributed by atoms with van der Waals surface area (Å²) >= 11 is 0. The van der Waals surface area contributed by atoms with Crippen molar-refractivity contribution < 1.29 is 8.78 Å². The molecule has 0 saturated heterocycles. The number of anilines is 1. The van der Waals surface area contributed by atoms with E-state index in [4.69, 9.17) is 5.26 Å². The molecule has 4 heteroatoms. The van der Waals surface area contributed by atoms with Crippen LogP contribution in [0.3, 0.4) is 0 Å². The molecule has 1 aliphatic rings. The van der Waals surface area contributed by atoms with Crippen molar-refractivity contribution >= 4 is 5.69 Å². The fourth-order valence-corrected chi connectivity index (χ4v) is 2.36. The van der Waals surface area contributed by atoms with E-state index in [1.165, 1.54) is 18.2 Å². The lowest BCUT2D eigenvalue weighted by molar-refractivity contribution is 0.624. The topological polar surface area (TPSA) is 35.8 Å². The molecule has 0 bridgehead atoms. The number of nitrogens with zero attached hydrogens (tertiary/aromatic N) is 1. The Morgan fingerprint density at radius 3 is 2.70 bits per heavy atom. The minimum Gasteiger partial charge on any atom is -0.379 e. The zero-order valence-corrected chi connectivity index (χ0v) is 10.6. The van der Waals surface area contributed by atoms with Crippen molar-refractivity contribution in [1.29, 1.82) is 5.26 Å². The lowest BCUT2D eigenvalue weighted by Gasteiger charge is -2.07. The highest BCUT2D eigenvalue weighted by Crippen LogP contribution is 2.43. The van der Waals surface area contributed by atoms with Gasteiger partial charge in [-0.2, -0.15) is 5.26 Å². The summed E-state index contributed by atoms with van der Waals surface area (Å²) in [6.45, 7) is 0. The van der Waals surface area contributed by atoms with Gasteiger partial charge in [0.2, 0.25) is 0 Å². The molecule has 0 aliphatic heterocycles. The second-order valence-electron chi connectivity index (χ2n) is 4.95. The lowest BCUT2D eigenvalue weighted by atomic mass is 10.1. The molecule has 1 saturated carbocycles. The molecule has 100 valence electrons. The van der Waals surface area contributed by atoms with E-state index in [0.717, 1.165) is 12.0 Å². The molecule has 1 fully saturated rings. The van der Waals surface area contributed by atoms with Gasteiger partial charge in [0.1, 0.15) is 11.6 Å². The van der Waals surface area contributed by atoms with Crippen LogP contribution >= 0.6 is 0 Å².